The van der Waals surface area contributed by atoms with Crippen LogP contribution in [-0.4, -0.2) is 24.9 Å². The number of amides is 2. The summed E-state index contributed by atoms with van der Waals surface area (Å²) < 4.78 is 0. The molecule has 5 nitrogen and oxygen atoms in total. The Balaban J connectivity index is 0.00000220. The van der Waals surface area contributed by atoms with E-state index in [1.807, 2.05) is 12.1 Å². The third kappa shape index (κ3) is 4.44. The molecule has 1 aliphatic carbocycles. The van der Waals surface area contributed by atoms with Crippen LogP contribution in [0.1, 0.15) is 35.2 Å². The minimum absolute atomic E-state index is 0. The minimum Gasteiger partial charge on any atom is -0.355 e. The summed E-state index contributed by atoms with van der Waals surface area (Å²) in [5.74, 6) is -0.136. The van der Waals surface area contributed by atoms with Crippen LogP contribution in [0.5, 0.6) is 0 Å². The van der Waals surface area contributed by atoms with Crippen LogP contribution in [0.25, 0.3) is 0 Å². The highest BCUT2D eigenvalue weighted by Crippen LogP contribution is 2.24. The molecule has 0 spiro atoms. The Bertz CT molecular complexity index is 490. The fraction of sp³-hybridized carbons (Fsp3) is 0.467. The molecule has 2 rings (SSSR count). The summed E-state index contributed by atoms with van der Waals surface area (Å²) >= 11 is 0. The van der Waals surface area contributed by atoms with Gasteiger partial charge in [0.2, 0.25) is 5.91 Å². The predicted molar refractivity (Wildman–Crippen MR) is 84.2 cm³/mol. The molecule has 1 aliphatic rings. The van der Waals surface area contributed by atoms with Crippen molar-refractivity contribution >= 4 is 24.2 Å². The Morgan fingerprint density at radius 2 is 1.90 bits per heavy atom. The van der Waals surface area contributed by atoms with Crippen LogP contribution in [0.15, 0.2) is 24.3 Å². The Morgan fingerprint density at radius 1 is 1.24 bits per heavy atom. The molecule has 2 unspecified atom stereocenters. The average Bonchev–Trinajstić information content (AvgIpc) is 2.90. The van der Waals surface area contributed by atoms with E-state index in [0.29, 0.717) is 12.1 Å². The van der Waals surface area contributed by atoms with Crippen molar-refractivity contribution in [2.45, 2.75) is 31.8 Å². The topological polar surface area (TPSA) is 84.2 Å². The Morgan fingerprint density at radius 3 is 2.43 bits per heavy atom. The van der Waals surface area contributed by atoms with Crippen molar-refractivity contribution in [3.8, 4) is 0 Å². The summed E-state index contributed by atoms with van der Waals surface area (Å²) in [6, 6.07) is 7.19. The van der Waals surface area contributed by atoms with Gasteiger partial charge in [0.05, 0.1) is 5.92 Å². The van der Waals surface area contributed by atoms with Gasteiger partial charge in [-0.3, -0.25) is 9.59 Å². The van der Waals surface area contributed by atoms with E-state index in [2.05, 4.69) is 10.6 Å². The fourth-order valence-corrected chi connectivity index (χ4v) is 2.55. The zero-order chi connectivity index (χ0) is 14.5. The molecule has 0 bridgehead atoms. The number of carbonyl (C=O) groups excluding carboxylic acids is 2. The van der Waals surface area contributed by atoms with Gasteiger partial charge < -0.3 is 16.4 Å². The maximum absolute atomic E-state index is 12.0. The maximum atomic E-state index is 12.0. The molecule has 1 aromatic rings. The molecule has 0 radical (unpaired) electrons. The summed E-state index contributed by atoms with van der Waals surface area (Å²) in [7, 11) is 1.60. The number of benzene rings is 1. The van der Waals surface area contributed by atoms with Gasteiger partial charge in [-0.2, -0.15) is 0 Å². The van der Waals surface area contributed by atoms with E-state index in [-0.39, 0.29) is 36.2 Å². The molecule has 0 aliphatic heterocycles. The smallest absolute Gasteiger partial charge is 0.251 e. The number of nitrogens with one attached hydrogen (secondary N) is 2. The van der Waals surface area contributed by atoms with Crippen LogP contribution in [0.2, 0.25) is 0 Å². The molecular formula is C15H22ClN3O2. The van der Waals surface area contributed by atoms with Gasteiger partial charge in [0.15, 0.2) is 0 Å². The second-order valence-electron chi connectivity index (χ2n) is 5.20. The molecule has 0 heterocycles. The van der Waals surface area contributed by atoms with E-state index in [0.717, 1.165) is 24.8 Å². The van der Waals surface area contributed by atoms with E-state index in [1.165, 1.54) is 0 Å². The van der Waals surface area contributed by atoms with Gasteiger partial charge in [0, 0.05) is 25.2 Å². The quantitative estimate of drug-likeness (QED) is 0.781. The maximum Gasteiger partial charge on any atom is 0.251 e. The van der Waals surface area contributed by atoms with E-state index in [1.54, 1.807) is 19.2 Å². The highest BCUT2D eigenvalue weighted by atomic mass is 35.5. The molecule has 116 valence electrons. The Kier molecular flexibility index (Phi) is 6.65. The summed E-state index contributed by atoms with van der Waals surface area (Å²) in [5, 5.41) is 5.48. The van der Waals surface area contributed by atoms with Gasteiger partial charge in [-0.15, -0.1) is 12.4 Å². The van der Waals surface area contributed by atoms with Crippen molar-refractivity contribution in [1.29, 1.82) is 0 Å². The summed E-state index contributed by atoms with van der Waals surface area (Å²) in [6.07, 6.45) is 2.83. The molecule has 0 aromatic heterocycles. The van der Waals surface area contributed by atoms with E-state index in [9.17, 15) is 9.59 Å². The van der Waals surface area contributed by atoms with Crippen LogP contribution in [0, 0.1) is 5.92 Å². The van der Waals surface area contributed by atoms with E-state index in [4.69, 9.17) is 5.73 Å². The van der Waals surface area contributed by atoms with Crippen LogP contribution < -0.4 is 16.4 Å². The molecule has 1 saturated carbocycles. The Hall–Kier alpha value is -1.59. The highest BCUT2D eigenvalue weighted by molar-refractivity contribution is 5.93. The van der Waals surface area contributed by atoms with Gasteiger partial charge in [0.25, 0.3) is 5.91 Å². The van der Waals surface area contributed by atoms with Crippen molar-refractivity contribution < 1.29 is 9.59 Å². The zero-order valence-corrected chi connectivity index (χ0v) is 12.9. The van der Waals surface area contributed by atoms with Crippen LogP contribution in [0.4, 0.5) is 0 Å². The van der Waals surface area contributed by atoms with Crippen molar-refractivity contribution in [3.63, 3.8) is 0 Å². The molecule has 2 atom stereocenters. The lowest BCUT2D eigenvalue weighted by molar-refractivity contribution is -0.125. The van der Waals surface area contributed by atoms with Crippen molar-refractivity contribution in [3.05, 3.63) is 35.4 Å². The largest absolute Gasteiger partial charge is 0.355 e. The lowest BCUT2D eigenvalue weighted by Crippen LogP contribution is -2.38. The molecular weight excluding hydrogens is 290 g/mol. The van der Waals surface area contributed by atoms with E-state index < -0.39 is 0 Å². The number of rotatable bonds is 4. The normalized spacial score (nSPS) is 20.5. The lowest BCUT2D eigenvalue weighted by Gasteiger charge is -2.15. The molecule has 1 aromatic carbocycles. The van der Waals surface area contributed by atoms with Crippen molar-refractivity contribution in [1.82, 2.24) is 10.6 Å². The SMILES string of the molecule is CNC(=O)c1ccc(CNC(=O)C2CCCC2N)cc1.Cl. The Labute approximate surface area is 131 Å². The third-order valence-corrected chi connectivity index (χ3v) is 3.82. The summed E-state index contributed by atoms with van der Waals surface area (Å²) in [6.45, 7) is 0.468. The zero-order valence-electron chi connectivity index (χ0n) is 12.1. The summed E-state index contributed by atoms with van der Waals surface area (Å²) in [4.78, 5) is 23.4. The van der Waals surface area contributed by atoms with Gasteiger partial charge in [-0.25, -0.2) is 0 Å². The number of nitrogens with two attached hydrogens (primary N) is 1. The molecule has 1 fully saturated rings. The molecule has 2 amide bonds. The van der Waals surface area contributed by atoms with Crippen LogP contribution in [0.3, 0.4) is 0 Å². The van der Waals surface area contributed by atoms with Gasteiger partial charge in [-0.05, 0) is 30.5 Å². The van der Waals surface area contributed by atoms with Crippen molar-refractivity contribution in [2.24, 2.45) is 11.7 Å². The third-order valence-electron chi connectivity index (χ3n) is 3.82. The van der Waals surface area contributed by atoms with Crippen LogP contribution >= 0.6 is 12.4 Å². The standard InChI is InChI=1S/C15H21N3O2.ClH/c1-17-14(19)11-7-5-10(6-8-11)9-18-15(20)12-3-2-4-13(12)16;/h5-8,12-13H,2-4,9,16H2,1H3,(H,17,19)(H,18,20);1H. The average molecular weight is 312 g/mol. The lowest BCUT2D eigenvalue weighted by atomic mass is 10.0. The minimum atomic E-state index is -0.113. The predicted octanol–water partition coefficient (Wildman–Crippen LogP) is 1.21. The molecule has 0 saturated heterocycles. The first-order chi connectivity index (χ1) is 9.61. The number of halogens is 1. The van der Waals surface area contributed by atoms with Gasteiger partial charge >= 0.3 is 0 Å². The number of hydrogen-bond acceptors (Lipinski definition) is 3. The monoisotopic (exact) mass is 311 g/mol. The molecule has 6 heteroatoms. The summed E-state index contributed by atoms with van der Waals surface area (Å²) in [5.41, 5.74) is 7.49. The number of hydrogen-bond donors (Lipinski definition) is 3. The molecule has 4 N–H and O–H groups in total. The highest BCUT2D eigenvalue weighted by Gasteiger charge is 2.29. The molecule has 21 heavy (non-hydrogen) atoms. The van der Waals surface area contributed by atoms with Gasteiger partial charge in [0.1, 0.15) is 0 Å². The first-order valence-electron chi connectivity index (χ1n) is 6.96. The van der Waals surface area contributed by atoms with Crippen molar-refractivity contribution in [2.75, 3.05) is 7.05 Å². The first kappa shape index (κ1) is 17.5. The number of carbonyl (C=O) groups is 2. The second-order valence-corrected chi connectivity index (χ2v) is 5.20. The van der Waals surface area contributed by atoms with E-state index >= 15 is 0 Å². The second kappa shape index (κ2) is 8.00. The first-order valence-corrected chi connectivity index (χ1v) is 6.96. The fourth-order valence-electron chi connectivity index (χ4n) is 2.55. The van der Waals surface area contributed by atoms with Gasteiger partial charge in [-0.1, -0.05) is 18.6 Å². The van der Waals surface area contributed by atoms with Crippen LogP contribution in [-0.2, 0) is 11.3 Å².